The molecular weight excluding hydrogens is 446 g/mol. The van der Waals surface area contributed by atoms with Gasteiger partial charge in [-0.1, -0.05) is 5.92 Å². The molecule has 1 N–H and O–H groups in total. The van der Waals surface area contributed by atoms with Crippen molar-refractivity contribution in [2.75, 3.05) is 32.6 Å². The van der Waals surface area contributed by atoms with E-state index in [-0.39, 0.29) is 18.2 Å². The van der Waals surface area contributed by atoms with Crippen LogP contribution in [-0.4, -0.2) is 59.7 Å². The van der Waals surface area contributed by atoms with Gasteiger partial charge in [0.25, 0.3) is 0 Å². The Morgan fingerprint density at radius 2 is 1.83 bits per heavy atom. The zero-order valence-electron chi connectivity index (χ0n) is 21.4. The first-order valence-corrected chi connectivity index (χ1v) is 11.6. The fourth-order valence-corrected chi connectivity index (χ4v) is 3.75. The zero-order valence-corrected chi connectivity index (χ0v) is 21.4. The number of methoxy groups -OCH3 is 2. The Balaban J connectivity index is 1.96. The number of carbonyl (C=O) groups excluding carboxylic acids is 1. The molecule has 0 saturated carbocycles. The van der Waals surface area contributed by atoms with E-state index < -0.39 is 5.60 Å². The van der Waals surface area contributed by atoms with Crippen molar-refractivity contribution >= 4 is 11.9 Å². The normalized spacial score (nSPS) is 15.3. The quantitative estimate of drug-likeness (QED) is 0.642. The summed E-state index contributed by atoms with van der Waals surface area (Å²) < 4.78 is 17.9. The molecule has 2 heterocycles. The molecule has 1 aromatic heterocycles. The summed E-state index contributed by atoms with van der Waals surface area (Å²) >= 11 is 0. The van der Waals surface area contributed by atoms with Crippen LogP contribution < -0.4 is 14.8 Å². The SMILES string of the molecule is COc1cc(C#Cc2nn([C@H]3CCN(C(=O)OC(C)(C)C)C3)c(NC(C)C)c2C#N)cc(OC)c1. The van der Waals surface area contributed by atoms with Crippen LogP contribution in [0.4, 0.5) is 10.6 Å². The van der Waals surface area contributed by atoms with Crippen molar-refractivity contribution in [1.82, 2.24) is 14.7 Å². The summed E-state index contributed by atoms with van der Waals surface area (Å²) in [6.07, 6.45) is 0.344. The monoisotopic (exact) mass is 479 g/mol. The number of benzene rings is 1. The average Bonchev–Trinajstić information content (AvgIpc) is 3.40. The molecule has 0 unspecified atom stereocenters. The van der Waals surface area contributed by atoms with Gasteiger partial charge >= 0.3 is 6.09 Å². The van der Waals surface area contributed by atoms with Crippen LogP contribution in [0.25, 0.3) is 0 Å². The Hall–Kier alpha value is -3.85. The molecule has 1 atom stereocenters. The molecule has 3 rings (SSSR count). The number of hydrogen-bond donors (Lipinski definition) is 1. The second kappa shape index (κ2) is 10.6. The van der Waals surface area contributed by atoms with Gasteiger partial charge in [-0.05, 0) is 59.1 Å². The van der Waals surface area contributed by atoms with Crippen molar-refractivity contribution in [2.24, 2.45) is 0 Å². The molecule has 0 radical (unpaired) electrons. The van der Waals surface area contributed by atoms with Crippen LogP contribution in [0.2, 0.25) is 0 Å². The van der Waals surface area contributed by atoms with Crippen molar-refractivity contribution in [3.63, 3.8) is 0 Å². The topological polar surface area (TPSA) is 102 Å². The summed E-state index contributed by atoms with van der Waals surface area (Å²) in [5.41, 5.74) is 0.852. The Morgan fingerprint density at radius 1 is 1.17 bits per heavy atom. The predicted octanol–water partition coefficient (Wildman–Crippen LogP) is 4.17. The summed E-state index contributed by atoms with van der Waals surface area (Å²) in [6, 6.07) is 7.57. The number of anilines is 1. The molecule has 9 nitrogen and oxygen atoms in total. The van der Waals surface area contributed by atoms with E-state index in [4.69, 9.17) is 19.3 Å². The second-order valence-corrected chi connectivity index (χ2v) is 9.65. The molecule has 1 saturated heterocycles. The van der Waals surface area contributed by atoms with Gasteiger partial charge in [-0.2, -0.15) is 10.4 Å². The van der Waals surface area contributed by atoms with Gasteiger partial charge in [-0.25, -0.2) is 9.48 Å². The molecule has 0 spiro atoms. The van der Waals surface area contributed by atoms with Crippen molar-refractivity contribution < 1.29 is 19.0 Å². The smallest absolute Gasteiger partial charge is 0.410 e. The first-order chi connectivity index (χ1) is 16.5. The minimum Gasteiger partial charge on any atom is -0.497 e. The molecular formula is C26H33N5O4. The molecule has 0 aliphatic carbocycles. The molecule has 186 valence electrons. The van der Waals surface area contributed by atoms with Crippen LogP contribution in [0.3, 0.4) is 0 Å². The van der Waals surface area contributed by atoms with Crippen LogP contribution in [0.1, 0.15) is 63.9 Å². The van der Waals surface area contributed by atoms with Gasteiger partial charge in [0.05, 0.1) is 20.3 Å². The van der Waals surface area contributed by atoms with Crippen molar-refractivity contribution in [3.05, 3.63) is 35.0 Å². The van der Waals surface area contributed by atoms with E-state index in [1.165, 1.54) is 0 Å². The van der Waals surface area contributed by atoms with E-state index in [1.54, 1.807) is 42.0 Å². The third kappa shape index (κ3) is 6.39. The lowest BCUT2D eigenvalue weighted by Gasteiger charge is -2.24. The van der Waals surface area contributed by atoms with Crippen LogP contribution in [0.5, 0.6) is 11.5 Å². The average molecular weight is 480 g/mol. The van der Waals surface area contributed by atoms with E-state index in [0.29, 0.717) is 53.6 Å². The van der Waals surface area contributed by atoms with Crippen molar-refractivity contribution in [1.29, 1.82) is 5.26 Å². The molecule has 0 bridgehead atoms. The fourth-order valence-electron chi connectivity index (χ4n) is 3.75. The van der Waals surface area contributed by atoms with Gasteiger partial charge in [0.1, 0.15) is 34.6 Å². The summed E-state index contributed by atoms with van der Waals surface area (Å²) in [5, 5.41) is 18.0. The summed E-state index contributed by atoms with van der Waals surface area (Å²) in [7, 11) is 3.15. The van der Waals surface area contributed by atoms with E-state index in [1.807, 2.05) is 34.6 Å². The number of likely N-dealkylation sites (tertiary alicyclic amines) is 1. The maximum Gasteiger partial charge on any atom is 0.410 e. The van der Waals surface area contributed by atoms with Gasteiger partial charge in [0.2, 0.25) is 0 Å². The Labute approximate surface area is 206 Å². The maximum absolute atomic E-state index is 12.6. The van der Waals surface area contributed by atoms with Crippen LogP contribution in [0, 0.1) is 23.2 Å². The largest absolute Gasteiger partial charge is 0.497 e. The van der Waals surface area contributed by atoms with E-state index >= 15 is 0 Å². The van der Waals surface area contributed by atoms with Gasteiger partial charge in [0.15, 0.2) is 5.69 Å². The Kier molecular flexibility index (Phi) is 7.81. The molecule has 1 fully saturated rings. The predicted molar refractivity (Wildman–Crippen MR) is 133 cm³/mol. The lowest BCUT2D eigenvalue weighted by atomic mass is 10.1. The van der Waals surface area contributed by atoms with Crippen molar-refractivity contribution in [2.45, 2.75) is 58.7 Å². The minimum atomic E-state index is -0.565. The van der Waals surface area contributed by atoms with Crippen LogP contribution >= 0.6 is 0 Å². The van der Waals surface area contributed by atoms with Crippen molar-refractivity contribution in [3.8, 4) is 29.4 Å². The van der Waals surface area contributed by atoms with E-state index in [0.717, 1.165) is 0 Å². The lowest BCUT2D eigenvalue weighted by Crippen LogP contribution is -2.35. The van der Waals surface area contributed by atoms with Gasteiger partial charge < -0.3 is 24.4 Å². The fraction of sp³-hybridized carbons (Fsp3) is 0.500. The first kappa shape index (κ1) is 25.8. The molecule has 35 heavy (non-hydrogen) atoms. The van der Waals surface area contributed by atoms with Crippen LogP contribution in [-0.2, 0) is 4.74 Å². The molecule has 2 aromatic rings. The molecule has 1 amide bonds. The highest BCUT2D eigenvalue weighted by Gasteiger charge is 2.33. The number of nitriles is 1. The first-order valence-electron chi connectivity index (χ1n) is 11.6. The molecule has 9 heteroatoms. The molecule has 1 aliphatic heterocycles. The zero-order chi connectivity index (χ0) is 25.8. The summed E-state index contributed by atoms with van der Waals surface area (Å²) in [6.45, 7) is 10.5. The number of amides is 1. The maximum atomic E-state index is 12.6. The summed E-state index contributed by atoms with van der Waals surface area (Å²) in [4.78, 5) is 14.2. The summed E-state index contributed by atoms with van der Waals surface area (Å²) in [5.74, 6) is 7.96. The number of ether oxygens (including phenoxy) is 3. The highest BCUT2D eigenvalue weighted by atomic mass is 16.6. The third-order valence-corrected chi connectivity index (χ3v) is 5.29. The van der Waals surface area contributed by atoms with Crippen LogP contribution in [0.15, 0.2) is 18.2 Å². The number of hydrogen-bond acceptors (Lipinski definition) is 7. The minimum absolute atomic E-state index is 0.0735. The highest BCUT2D eigenvalue weighted by Crippen LogP contribution is 2.30. The van der Waals surface area contributed by atoms with E-state index in [2.05, 4.69) is 23.2 Å². The Morgan fingerprint density at radius 3 is 2.37 bits per heavy atom. The number of nitrogens with zero attached hydrogens (tertiary/aromatic N) is 4. The molecule has 1 aromatic carbocycles. The Bertz CT molecular complexity index is 1160. The van der Waals surface area contributed by atoms with Gasteiger partial charge in [0, 0.05) is 30.8 Å². The second-order valence-electron chi connectivity index (χ2n) is 9.65. The lowest BCUT2D eigenvalue weighted by molar-refractivity contribution is 0.0288. The number of nitrogens with one attached hydrogen (secondary N) is 1. The van der Waals surface area contributed by atoms with Gasteiger partial charge in [-0.3, -0.25) is 0 Å². The number of carbonyl (C=O) groups is 1. The number of aromatic nitrogens is 2. The number of rotatable bonds is 5. The van der Waals surface area contributed by atoms with Gasteiger partial charge in [-0.15, -0.1) is 0 Å². The molecule has 1 aliphatic rings. The third-order valence-electron chi connectivity index (χ3n) is 5.29. The standard InChI is InChI=1S/C26H33N5O4/c1-17(2)28-24-22(15-27)23(9-8-18-12-20(33-6)14-21(13-18)34-7)29-31(24)19-10-11-30(16-19)25(32)35-26(3,4)5/h12-14,17,19,28H,10-11,16H2,1-7H3/t19-/m0/s1. The highest BCUT2D eigenvalue weighted by molar-refractivity contribution is 5.68. The van der Waals surface area contributed by atoms with E-state index in [9.17, 15) is 10.1 Å².